The van der Waals surface area contributed by atoms with Gasteiger partial charge < -0.3 is 20.1 Å². The number of benzene rings is 3. The molecule has 2 amide bonds. The number of rotatable bonds is 7. The van der Waals surface area contributed by atoms with Crippen LogP contribution in [0.5, 0.6) is 11.5 Å². The number of aromatic nitrogens is 1. The van der Waals surface area contributed by atoms with E-state index in [9.17, 15) is 14.0 Å². The number of fused-ring (bicyclic) bond motifs is 2. The summed E-state index contributed by atoms with van der Waals surface area (Å²) in [7, 11) is 0. The smallest absolute Gasteiger partial charge is 0.255 e. The van der Waals surface area contributed by atoms with E-state index in [1.165, 1.54) is 18.2 Å². The van der Waals surface area contributed by atoms with Gasteiger partial charge in [0.2, 0.25) is 0 Å². The molecule has 10 heteroatoms. The van der Waals surface area contributed by atoms with Crippen LogP contribution in [0.15, 0.2) is 66.7 Å². The van der Waals surface area contributed by atoms with Gasteiger partial charge in [0.05, 0.1) is 16.9 Å². The van der Waals surface area contributed by atoms with Crippen LogP contribution in [0.3, 0.4) is 0 Å². The molecule has 0 spiro atoms. The number of pyridine rings is 1. The third-order valence-electron chi connectivity index (χ3n) is 8.18. The SMILES string of the molecule is CC(C)N1CCN(Cc2ccc3cc(C(=O)Nc4cc(NC(=O)c5ccc6c(c5)OCCO6)ccc4F)ccc3n2)C(C)C1. The number of anilines is 2. The lowest BCUT2D eigenvalue weighted by molar-refractivity contribution is 0.0590. The third-order valence-corrected chi connectivity index (χ3v) is 8.18. The van der Waals surface area contributed by atoms with E-state index in [0.29, 0.717) is 53.6 Å². The van der Waals surface area contributed by atoms with Crippen LogP contribution in [-0.2, 0) is 6.54 Å². The first-order valence-electron chi connectivity index (χ1n) is 14.9. The molecule has 1 atom stereocenters. The number of ether oxygens (including phenoxy) is 2. The second kappa shape index (κ2) is 12.6. The van der Waals surface area contributed by atoms with Crippen molar-refractivity contribution in [3.8, 4) is 11.5 Å². The highest BCUT2D eigenvalue weighted by atomic mass is 19.1. The van der Waals surface area contributed by atoms with Crippen molar-refractivity contribution < 1.29 is 23.5 Å². The Hall–Kier alpha value is -4.54. The van der Waals surface area contributed by atoms with Gasteiger partial charge in [0.25, 0.3) is 11.8 Å². The van der Waals surface area contributed by atoms with Crippen molar-refractivity contribution in [2.75, 3.05) is 43.5 Å². The number of hydrogen-bond acceptors (Lipinski definition) is 7. The summed E-state index contributed by atoms with van der Waals surface area (Å²) < 4.78 is 25.8. The summed E-state index contributed by atoms with van der Waals surface area (Å²) in [5, 5.41) is 6.20. The molecule has 9 nitrogen and oxygen atoms in total. The Morgan fingerprint density at radius 1 is 0.909 bits per heavy atom. The molecular formula is C34H36FN5O4. The van der Waals surface area contributed by atoms with Gasteiger partial charge in [0, 0.05) is 60.5 Å². The first-order chi connectivity index (χ1) is 21.2. The molecule has 228 valence electrons. The van der Waals surface area contributed by atoms with Gasteiger partial charge in [-0.2, -0.15) is 0 Å². The molecule has 0 radical (unpaired) electrons. The van der Waals surface area contributed by atoms with Crippen LogP contribution in [-0.4, -0.2) is 71.5 Å². The second-order valence-electron chi connectivity index (χ2n) is 11.6. The highest BCUT2D eigenvalue weighted by Crippen LogP contribution is 2.31. The third kappa shape index (κ3) is 6.51. The van der Waals surface area contributed by atoms with Gasteiger partial charge in [-0.15, -0.1) is 0 Å². The number of amides is 2. The van der Waals surface area contributed by atoms with Crippen LogP contribution in [0.25, 0.3) is 10.9 Å². The molecule has 3 heterocycles. The van der Waals surface area contributed by atoms with Gasteiger partial charge in [0.15, 0.2) is 11.5 Å². The largest absolute Gasteiger partial charge is 0.486 e. The molecule has 1 fully saturated rings. The van der Waals surface area contributed by atoms with Crippen LogP contribution >= 0.6 is 0 Å². The molecule has 4 aromatic rings. The number of nitrogens with one attached hydrogen (secondary N) is 2. The fourth-order valence-electron chi connectivity index (χ4n) is 5.61. The average Bonchev–Trinajstić information content (AvgIpc) is 3.03. The monoisotopic (exact) mass is 597 g/mol. The summed E-state index contributed by atoms with van der Waals surface area (Å²) in [5.74, 6) is -0.421. The van der Waals surface area contributed by atoms with E-state index < -0.39 is 17.6 Å². The molecule has 1 unspecified atom stereocenters. The van der Waals surface area contributed by atoms with Crippen molar-refractivity contribution in [3.63, 3.8) is 0 Å². The van der Waals surface area contributed by atoms with E-state index in [0.717, 1.165) is 42.8 Å². The fourth-order valence-corrected chi connectivity index (χ4v) is 5.61. The van der Waals surface area contributed by atoms with Gasteiger partial charge in [0.1, 0.15) is 19.0 Å². The normalized spacial score (nSPS) is 17.1. The van der Waals surface area contributed by atoms with Crippen LogP contribution in [0, 0.1) is 5.82 Å². The molecule has 1 saturated heterocycles. The van der Waals surface area contributed by atoms with Gasteiger partial charge in [-0.1, -0.05) is 6.07 Å². The highest BCUT2D eigenvalue weighted by Gasteiger charge is 2.25. The maximum atomic E-state index is 14.7. The minimum Gasteiger partial charge on any atom is -0.486 e. The highest BCUT2D eigenvalue weighted by molar-refractivity contribution is 6.07. The zero-order chi connectivity index (χ0) is 30.8. The van der Waals surface area contributed by atoms with Crippen LogP contribution < -0.4 is 20.1 Å². The number of halogens is 1. The van der Waals surface area contributed by atoms with Crippen molar-refractivity contribution in [2.24, 2.45) is 0 Å². The van der Waals surface area contributed by atoms with E-state index in [1.807, 2.05) is 18.2 Å². The topological polar surface area (TPSA) is 96.0 Å². The predicted octanol–water partition coefficient (Wildman–Crippen LogP) is 5.56. The first kappa shape index (κ1) is 29.5. The molecule has 3 aromatic carbocycles. The summed E-state index contributed by atoms with van der Waals surface area (Å²) in [6.07, 6.45) is 0. The van der Waals surface area contributed by atoms with Crippen molar-refractivity contribution in [3.05, 3.63) is 89.4 Å². The molecule has 2 N–H and O–H groups in total. The van der Waals surface area contributed by atoms with Crippen molar-refractivity contribution in [1.82, 2.24) is 14.8 Å². The number of piperazine rings is 1. The summed E-state index contributed by atoms with van der Waals surface area (Å²) in [4.78, 5) is 35.8. The standard InChI is InChI=1S/C34H36FN5O4/c1-21(2)39-12-13-40(22(3)19-39)20-27-7-4-23-16-24(5-10-29(23)36-27)34(42)38-30-18-26(8-9-28(30)35)37-33(41)25-6-11-31-32(17-25)44-15-14-43-31/h4-11,16-18,21-22H,12-15,19-20H2,1-3H3,(H,37,41)(H,38,42). The summed E-state index contributed by atoms with van der Waals surface area (Å²) in [6, 6.07) is 19.1. The quantitative estimate of drug-likeness (QED) is 0.288. The minimum absolute atomic E-state index is 0.0461. The molecule has 0 saturated carbocycles. The first-order valence-corrected chi connectivity index (χ1v) is 14.9. The molecule has 2 aliphatic rings. The lowest BCUT2D eigenvalue weighted by atomic mass is 10.1. The van der Waals surface area contributed by atoms with Gasteiger partial charge in [-0.25, -0.2) is 4.39 Å². The second-order valence-corrected chi connectivity index (χ2v) is 11.6. The maximum absolute atomic E-state index is 14.7. The Bertz CT molecular complexity index is 1710. The van der Waals surface area contributed by atoms with Gasteiger partial charge >= 0.3 is 0 Å². The number of nitrogens with zero attached hydrogens (tertiary/aromatic N) is 3. The minimum atomic E-state index is -0.619. The Labute approximate surface area is 256 Å². The fraction of sp³-hybridized carbons (Fsp3) is 0.324. The summed E-state index contributed by atoms with van der Waals surface area (Å²) >= 11 is 0. The summed E-state index contributed by atoms with van der Waals surface area (Å²) in [6.45, 7) is 11.4. The number of carbonyl (C=O) groups excluding carboxylic acids is 2. The number of carbonyl (C=O) groups is 2. The zero-order valence-corrected chi connectivity index (χ0v) is 25.1. The maximum Gasteiger partial charge on any atom is 0.255 e. The van der Waals surface area contributed by atoms with E-state index in [-0.39, 0.29) is 5.69 Å². The van der Waals surface area contributed by atoms with Crippen LogP contribution in [0.2, 0.25) is 0 Å². The molecule has 1 aromatic heterocycles. The van der Waals surface area contributed by atoms with Crippen LogP contribution in [0.4, 0.5) is 15.8 Å². The van der Waals surface area contributed by atoms with E-state index in [1.54, 1.807) is 30.3 Å². The molecular weight excluding hydrogens is 561 g/mol. The lowest BCUT2D eigenvalue weighted by Gasteiger charge is -2.41. The Morgan fingerprint density at radius 3 is 2.45 bits per heavy atom. The van der Waals surface area contributed by atoms with Gasteiger partial charge in [-0.05, 0) is 81.4 Å². The van der Waals surface area contributed by atoms with E-state index >= 15 is 0 Å². The molecule has 44 heavy (non-hydrogen) atoms. The molecule has 2 aliphatic heterocycles. The zero-order valence-electron chi connectivity index (χ0n) is 25.1. The molecule has 0 bridgehead atoms. The molecule has 6 rings (SSSR count). The van der Waals surface area contributed by atoms with E-state index in [4.69, 9.17) is 14.5 Å². The summed E-state index contributed by atoms with van der Waals surface area (Å²) in [5.41, 5.74) is 2.79. The van der Waals surface area contributed by atoms with Crippen molar-refractivity contribution >= 4 is 34.1 Å². The van der Waals surface area contributed by atoms with Crippen molar-refractivity contribution in [2.45, 2.75) is 39.4 Å². The average molecular weight is 598 g/mol. The molecule has 0 aliphatic carbocycles. The lowest BCUT2D eigenvalue weighted by Crippen LogP contribution is -2.53. The van der Waals surface area contributed by atoms with Crippen molar-refractivity contribution in [1.29, 1.82) is 0 Å². The number of hydrogen-bond donors (Lipinski definition) is 2. The Balaban J connectivity index is 1.11. The predicted molar refractivity (Wildman–Crippen MR) is 168 cm³/mol. The van der Waals surface area contributed by atoms with E-state index in [2.05, 4.69) is 41.2 Å². The van der Waals surface area contributed by atoms with Crippen LogP contribution in [0.1, 0.15) is 47.2 Å². The Morgan fingerprint density at radius 2 is 1.66 bits per heavy atom. The van der Waals surface area contributed by atoms with Gasteiger partial charge in [-0.3, -0.25) is 24.4 Å². The Kier molecular flexibility index (Phi) is 8.45.